The quantitative estimate of drug-likeness (QED) is 0.0692. The van der Waals surface area contributed by atoms with Crippen LogP contribution >= 0.6 is 15.9 Å². The van der Waals surface area contributed by atoms with Gasteiger partial charge in [-0.3, -0.25) is 0 Å². The Morgan fingerprint density at radius 1 is 0.836 bits per heavy atom. The predicted octanol–water partition coefficient (Wildman–Crippen LogP) is 12.6. The van der Waals surface area contributed by atoms with Gasteiger partial charge in [0.25, 0.3) is 16.6 Å². The van der Waals surface area contributed by atoms with Gasteiger partial charge in [-0.15, -0.1) is 0 Å². The van der Waals surface area contributed by atoms with E-state index in [9.17, 15) is 15.0 Å². The van der Waals surface area contributed by atoms with Crippen LogP contribution in [0.3, 0.4) is 0 Å². The first-order chi connectivity index (χ1) is 28.2. The molecule has 2 N–H and O–H groups in total. The number of esters is 1. The Labute approximate surface area is 379 Å². The van der Waals surface area contributed by atoms with Crippen molar-refractivity contribution in [3.05, 3.63) is 75.8 Å². The smallest absolute Gasteiger partial charge is 0.331 e. The van der Waals surface area contributed by atoms with Gasteiger partial charge in [-0.2, -0.15) is 0 Å². The van der Waals surface area contributed by atoms with Crippen LogP contribution in [0.4, 0.5) is 0 Å². The lowest BCUT2D eigenvalue weighted by Gasteiger charge is -2.49. The molecule has 2 aromatic carbocycles. The summed E-state index contributed by atoms with van der Waals surface area (Å²) in [7, 11) is -7.45. The molecule has 2 aliphatic heterocycles. The molecule has 342 valence electrons. The third-order valence-corrected chi connectivity index (χ3v) is 31.1. The van der Waals surface area contributed by atoms with E-state index in [1.165, 1.54) is 6.08 Å². The number of benzene rings is 2. The molecule has 2 aliphatic rings. The van der Waals surface area contributed by atoms with Gasteiger partial charge in [-0.1, -0.05) is 156 Å². The molecule has 9 nitrogen and oxygen atoms in total. The zero-order valence-electron chi connectivity index (χ0n) is 40.1. The van der Waals surface area contributed by atoms with Crippen LogP contribution in [0.5, 0.6) is 11.5 Å². The molecule has 61 heavy (non-hydrogen) atoms. The van der Waals surface area contributed by atoms with E-state index < -0.39 is 61.1 Å². The van der Waals surface area contributed by atoms with E-state index in [2.05, 4.69) is 133 Å². The van der Waals surface area contributed by atoms with Crippen LogP contribution in [0.25, 0.3) is 6.08 Å². The lowest BCUT2D eigenvalue weighted by molar-refractivity contribution is -0.368. The number of carbonyl (C=O) groups is 1. The highest BCUT2D eigenvalue weighted by molar-refractivity contribution is 9.10. The van der Waals surface area contributed by atoms with Gasteiger partial charge in [0, 0.05) is 16.6 Å². The van der Waals surface area contributed by atoms with Crippen molar-refractivity contribution >= 4 is 52.9 Å². The lowest BCUT2D eigenvalue weighted by Crippen LogP contribution is -2.65. The fraction of sp³-hybridized carbons (Fsp3) is 0.646. The van der Waals surface area contributed by atoms with E-state index in [0.29, 0.717) is 33.7 Å². The van der Waals surface area contributed by atoms with Gasteiger partial charge >= 0.3 is 5.97 Å². The summed E-state index contributed by atoms with van der Waals surface area (Å²) in [5, 5.41) is 23.9. The monoisotopic (exact) mass is 960 g/mol. The highest BCUT2D eigenvalue weighted by atomic mass is 79.9. The minimum Gasteiger partial charge on any atom is -0.543 e. The molecular formula is C48H77BrO9Si3. The Balaban J connectivity index is 1.96. The third kappa shape index (κ3) is 10.4. The minimum atomic E-state index is -2.67. The molecule has 1 fully saturated rings. The molecule has 0 amide bonds. The summed E-state index contributed by atoms with van der Waals surface area (Å²) in [6.45, 7) is 37.8. The first kappa shape index (κ1) is 51.6. The highest BCUT2D eigenvalue weighted by Crippen LogP contribution is 2.55. The number of fused-ring (bicyclic) bond motifs is 2. The topological polar surface area (TPSA) is 113 Å². The van der Waals surface area contributed by atoms with Crippen molar-refractivity contribution in [3.8, 4) is 11.5 Å². The average molecular weight is 962 g/mol. The molecule has 0 bridgehead atoms. The second kappa shape index (κ2) is 20.0. The van der Waals surface area contributed by atoms with Gasteiger partial charge in [0.2, 0.25) is 5.79 Å². The maximum atomic E-state index is 13.8. The van der Waals surface area contributed by atoms with Crippen LogP contribution in [0, 0.1) is 0 Å². The molecule has 0 aliphatic carbocycles. The largest absolute Gasteiger partial charge is 0.543 e. The molecule has 2 heterocycles. The molecule has 1 saturated heterocycles. The molecule has 0 aromatic heterocycles. The lowest BCUT2D eigenvalue weighted by atomic mass is 9.86. The number of rotatable bonds is 17. The van der Waals surface area contributed by atoms with Crippen LogP contribution in [0.1, 0.15) is 121 Å². The average Bonchev–Trinajstić information content (AvgIpc) is 3.51. The van der Waals surface area contributed by atoms with Crippen molar-refractivity contribution in [1.82, 2.24) is 0 Å². The van der Waals surface area contributed by atoms with Crippen molar-refractivity contribution in [2.75, 3.05) is 6.61 Å². The molecule has 2 aromatic rings. The van der Waals surface area contributed by atoms with E-state index >= 15 is 0 Å². The number of allylic oxidation sites excluding steroid dienone is 2. The molecule has 0 unspecified atom stereocenters. The molecule has 0 radical (unpaired) electrons. The normalized spacial score (nSPS) is 22.9. The first-order valence-corrected chi connectivity index (χ1v) is 30.3. The van der Waals surface area contributed by atoms with Crippen molar-refractivity contribution < 1.29 is 42.5 Å². The second-order valence-electron chi connectivity index (χ2n) is 20.6. The van der Waals surface area contributed by atoms with Gasteiger partial charge < -0.3 is 37.7 Å². The van der Waals surface area contributed by atoms with Gasteiger partial charge in [-0.05, 0) is 74.6 Å². The van der Waals surface area contributed by atoms with Crippen LogP contribution in [-0.2, 0) is 35.8 Å². The van der Waals surface area contributed by atoms with Gasteiger partial charge in [-0.25, -0.2) is 4.79 Å². The highest BCUT2D eigenvalue weighted by Gasteiger charge is 2.63. The summed E-state index contributed by atoms with van der Waals surface area (Å²) in [6, 6.07) is 11.8. The Morgan fingerprint density at radius 3 is 1.90 bits per heavy atom. The molecule has 5 atom stereocenters. The summed E-state index contributed by atoms with van der Waals surface area (Å²) in [6.07, 6.45) is 0.920. The number of hydrogen-bond acceptors (Lipinski definition) is 9. The molecule has 0 saturated carbocycles. The zero-order chi connectivity index (χ0) is 46.0. The minimum absolute atomic E-state index is 0.000905. The van der Waals surface area contributed by atoms with E-state index in [1.807, 2.05) is 42.5 Å². The first-order valence-electron chi connectivity index (χ1n) is 22.4. The Kier molecular flexibility index (Phi) is 16.9. The molecule has 1 spiro atoms. The number of aliphatic hydroxyl groups is 2. The van der Waals surface area contributed by atoms with Crippen molar-refractivity contribution in [1.29, 1.82) is 0 Å². The standard InChI is InChI=1S/C48H77BrO9Si3/c1-30(2)60(31(3)4,32(5)6)57-38-26-37-28-53-48(43(37)40(27-38)58-61(33(7)8,34(9)10)35(11)12)46(55-42(50)25-21-19-23-36-22-18-20-24-39(36)49)45(52)44(51)41(56-48)29-54-59(16,17)47(13,14)15/h18-27,30-35,41,44-46,51-52H,28-29H2,1-17H3/b23-19+,25-21+/t41-,44-,45+,46-,48+/m1/s1. The summed E-state index contributed by atoms with van der Waals surface area (Å²) in [5.74, 6) is -1.35. The number of carbonyl (C=O) groups excluding carboxylic acids is 1. The fourth-order valence-corrected chi connectivity index (χ4v) is 21.7. The second-order valence-corrected chi connectivity index (χ2v) is 37.0. The molecular weight excluding hydrogens is 885 g/mol. The Morgan fingerprint density at radius 2 is 1.38 bits per heavy atom. The third-order valence-electron chi connectivity index (χ3n) is 13.9. The predicted molar refractivity (Wildman–Crippen MR) is 258 cm³/mol. The zero-order valence-corrected chi connectivity index (χ0v) is 44.7. The summed E-state index contributed by atoms with van der Waals surface area (Å²) in [5.41, 5.74) is 3.86. The SMILES string of the molecule is CC(C)[Si](Oc1cc2c(c(O[Si](C(C)C)(C(C)C)C(C)C)c1)[C@]1(OC2)O[C@H](CO[Si](C)(C)C(C)(C)C)[C@@H](O)[C@H](O)[C@H]1OC(=O)/C=C/C=C/c1ccccc1Br)(C(C)C)C(C)C. The number of hydrogen-bond donors (Lipinski definition) is 2. The van der Waals surface area contributed by atoms with Crippen LogP contribution < -0.4 is 8.85 Å². The summed E-state index contributed by atoms with van der Waals surface area (Å²) in [4.78, 5) is 13.8. The Hall–Kier alpha value is -2.08. The maximum absolute atomic E-state index is 13.8. The van der Waals surface area contributed by atoms with Crippen molar-refractivity contribution in [2.45, 2.75) is 192 Å². The number of aliphatic hydroxyl groups excluding tert-OH is 2. The Bertz CT molecular complexity index is 1820. The molecule has 13 heteroatoms. The van der Waals surface area contributed by atoms with Crippen LogP contribution in [0.2, 0.25) is 51.4 Å². The van der Waals surface area contributed by atoms with Gasteiger partial charge in [0.15, 0.2) is 14.4 Å². The van der Waals surface area contributed by atoms with Crippen molar-refractivity contribution in [3.63, 3.8) is 0 Å². The van der Waals surface area contributed by atoms with E-state index in [-0.39, 0.29) is 34.9 Å². The summed E-state index contributed by atoms with van der Waals surface area (Å²) < 4.78 is 42.5. The van der Waals surface area contributed by atoms with Crippen LogP contribution in [-0.4, -0.2) is 72.2 Å². The van der Waals surface area contributed by atoms with Gasteiger partial charge in [0.1, 0.15) is 29.8 Å². The van der Waals surface area contributed by atoms with Crippen molar-refractivity contribution in [2.24, 2.45) is 0 Å². The summed E-state index contributed by atoms with van der Waals surface area (Å²) >= 11 is 3.56. The van der Waals surface area contributed by atoms with Gasteiger partial charge in [0.05, 0.1) is 18.8 Å². The number of ether oxygens (including phenoxy) is 3. The fourth-order valence-electron chi connectivity index (χ4n) is 9.81. The van der Waals surface area contributed by atoms with Crippen LogP contribution in [0.15, 0.2) is 59.1 Å². The number of halogens is 1. The molecule has 4 rings (SSSR count). The van der Waals surface area contributed by atoms with E-state index in [4.69, 9.17) is 27.5 Å². The van der Waals surface area contributed by atoms with E-state index in [0.717, 1.165) is 15.6 Å². The van der Waals surface area contributed by atoms with E-state index in [1.54, 1.807) is 12.2 Å². The maximum Gasteiger partial charge on any atom is 0.331 e.